The van der Waals surface area contributed by atoms with Gasteiger partial charge in [-0.15, -0.1) is 0 Å². The van der Waals surface area contributed by atoms with Gasteiger partial charge in [-0.3, -0.25) is 0 Å². The molecule has 0 N–H and O–H groups in total. The molecule has 1 nitrogen and oxygen atoms in total. The Morgan fingerprint density at radius 3 is 2.32 bits per heavy atom. The number of hydrogen-bond donors (Lipinski definition) is 0. The van der Waals surface area contributed by atoms with E-state index in [1.807, 2.05) is 0 Å². The standard InChI is InChI=1S/C24H27N/c1-7-22-19(6)24(17(3)4,20-15-13-18(5)14-16-20)21-11-9-10-12-23(21)25(22)8-2/h7,9-16H,3,6,8H2,1-2,4-5H3/b22-7+. The monoisotopic (exact) mass is 329 g/mol. The van der Waals surface area contributed by atoms with Gasteiger partial charge in [-0.2, -0.15) is 0 Å². The van der Waals surface area contributed by atoms with Gasteiger partial charge in [0, 0.05) is 17.9 Å². The third kappa shape index (κ3) is 2.38. The van der Waals surface area contributed by atoms with Crippen LogP contribution in [0.1, 0.15) is 37.5 Å². The molecule has 1 aliphatic heterocycles. The Balaban J connectivity index is 2.43. The number of para-hydroxylation sites is 1. The minimum Gasteiger partial charge on any atom is -0.342 e. The molecule has 0 aliphatic carbocycles. The fourth-order valence-electron chi connectivity index (χ4n) is 4.21. The van der Waals surface area contributed by atoms with E-state index in [0.717, 1.165) is 17.7 Å². The van der Waals surface area contributed by atoms with Crippen LogP contribution in [0.25, 0.3) is 0 Å². The maximum Gasteiger partial charge on any atom is 0.0690 e. The molecule has 0 spiro atoms. The number of aryl methyl sites for hydroxylation is 1. The van der Waals surface area contributed by atoms with Gasteiger partial charge in [0.25, 0.3) is 0 Å². The number of benzene rings is 2. The highest BCUT2D eigenvalue weighted by molar-refractivity contribution is 5.77. The van der Waals surface area contributed by atoms with Crippen molar-refractivity contribution in [3.8, 4) is 0 Å². The van der Waals surface area contributed by atoms with Crippen molar-refractivity contribution in [1.82, 2.24) is 0 Å². The summed E-state index contributed by atoms with van der Waals surface area (Å²) in [6.45, 7) is 18.4. The second-order valence-corrected chi connectivity index (χ2v) is 6.81. The van der Waals surface area contributed by atoms with Crippen LogP contribution in [0.5, 0.6) is 0 Å². The van der Waals surface area contributed by atoms with Crippen LogP contribution in [0.2, 0.25) is 0 Å². The zero-order valence-electron chi connectivity index (χ0n) is 15.8. The summed E-state index contributed by atoms with van der Waals surface area (Å²) in [5.74, 6) is 0. The molecule has 25 heavy (non-hydrogen) atoms. The second kappa shape index (κ2) is 6.40. The highest BCUT2D eigenvalue weighted by atomic mass is 15.2. The van der Waals surface area contributed by atoms with Crippen LogP contribution < -0.4 is 4.90 Å². The largest absolute Gasteiger partial charge is 0.342 e. The van der Waals surface area contributed by atoms with Gasteiger partial charge in [-0.1, -0.05) is 72.8 Å². The van der Waals surface area contributed by atoms with E-state index in [2.05, 4.69) is 100 Å². The lowest BCUT2D eigenvalue weighted by atomic mass is 9.62. The van der Waals surface area contributed by atoms with Crippen molar-refractivity contribution < 1.29 is 0 Å². The first-order valence-electron chi connectivity index (χ1n) is 8.94. The van der Waals surface area contributed by atoms with E-state index in [4.69, 9.17) is 0 Å². The van der Waals surface area contributed by atoms with Gasteiger partial charge >= 0.3 is 0 Å². The summed E-state index contributed by atoms with van der Waals surface area (Å²) in [4.78, 5) is 2.35. The molecule has 0 saturated carbocycles. The summed E-state index contributed by atoms with van der Waals surface area (Å²) in [5, 5.41) is 0. The van der Waals surface area contributed by atoms with E-state index >= 15 is 0 Å². The molecule has 3 rings (SSSR count). The molecule has 2 aromatic rings. The lowest BCUT2D eigenvalue weighted by Crippen LogP contribution is -2.42. The SMILES string of the molecule is C=C(C)C1(c2ccc(C)cc2)C(=C)/C(=C\C)N(CC)c2ccccc21. The lowest BCUT2D eigenvalue weighted by Gasteiger charge is -2.48. The topological polar surface area (TPSA) is 3.24 Å². The van der Waals surface area contributed by atoms with E-state index in [9.17, 15) is 0 Å². The first-order chi connectivity index (χ1) is 12.0. The summed E-state index contributed by atoms with van der Waals surface area (Å²) in [5.41, 5.74) is 8.01. The van der Waals surface area contributed by atoms with E-state index in [1.165, 1.54) is 28.1 Å². The van der Waals surface area contributed by atoms with E-state index in [1.54, 1.807) is 0 Å². The number of anilines is 1. The average Bonchev–Trinajstić information content (AvgIpc) is 2.61. The van der Waals surface area contributed by atoms with E-state index in [0.29, 0.717) is 0 Å². The first kappa shape index (κ1) is 17.3. The van der Waals surface area contributed by atoms with Gasteiger partial charge in [0.2, 0.25) is 0 Å². The predicted octanol–water partition coefficient (Wildman–Crippen LogP) is 6.16. The number of fused-ring (bicyclic) bond motifs is 1. The van der Waals surface area contributed by atoms with E-state index < -0.39 is 5.41 Å². The highest BCUT2D eigenvalue weighted by Gasteiger charge is 2.45. The van der Waals surface area contributed by atoms with Crippen molar-refractivity contribution >= 4 is 5.69 Å². The summed E-state index contributed by atoms with van der Waals surface area (Å²) in [6, 6.07) is 17.5. The van der Waals surface area contributed by atoms with Gasteiger partial charge in [-0.25, -0.2) is 0 Å². The van der Waals surface area contributed by atoms with Crippen molar-refractivity contribution in [3.63, 3.8) is 0 Å². The normalized spacial score (nSPS) is 21.4. The van der Waals surface area contributed by atoms with Crippen LogP contribution in [-0.2, 0) is 5.41 Å². The van der Waals surface area contributed by atoms with Crippen molar-refractivity contribution in [3.05, 3.63) is 101 Å². The molecule has 0 aromatic heterocycles. The summed E-state index contributed by atoms with van der Waals surface area (Å²) in [6.07, 6.45) is 2.17. The number of allylic oxidation sites excluding steroid dienone is 3. The highest BCUT2D eigenvalue weighted by Crippen LogP contribution is 2.54. The zero-order valence-corrected chi connectivity index (χ0v) is 15.8. The van der Waals surface area contributed by atoms with Crippen LogP contribution in [0.15, 0.2) is 84.6 Å². The number of likely N-dealkylation sites (N-methyl/N-ethyl adjacent to an activating group) is 1. The molecule has 1 unspecified atom stereocenters. The van der Waals surface area contributed by atoms with Gasteiger partial charge < -0.3 is 4.90 Å². The zero-order chi connectivity index (χ0) is 18.2. The molecular weight excluding hydrogens is 302 g/mol. The maximum atomic E-state index is 4.57. The van der Waals surface area contributed by atoms with Crippen LogP contribution in [0.3, 0.4) is 0 Å². The molecule has 2 aromatic carbocycles. The van der Waals surface area contributed by atoms with Crippen LogP contribution in [-0.4, -0.2) is 6.54 Å². The molecule has 128 valence electrons. The molecule has 0 bridgehead atoms. The maximum absolute atomic E-state index is 4.57. The van der Waals surface area contributed by atoms with Gasteiger partial charge in [0.05, 0.1) is 5.41 Å². The molecule has 0 radical (unpaired) electrons. The van der Waals surface area contributed by atoms with Crippen LogP contribution in [0, 0.1) is 6.92 Å². The van der Waals surface area contributed by atoms with E-state index in [-0.39, 0.29) is 0 Å². The summed E-state index contributed by atoms with van der Waals surface area (Å²) >= 11 is 0. The smallest absolute Gasteiger partial charge is 0.0690 e. The number of hydrogen-bond acceptors (Lipinski definition) is 1. The number of nitrogens with zero attached hydrogens (tertiary/aromatic N) is 1. The van der Waals surface area contributed by atoms with Crippen molar-refractivity contribution in [2.24, 2.45) is 0 Å². The molecule has 0 fully saturated rings. The fraction of sp³-hybridized carbons (Fsp3) is 0.250. The van der Waals surface area contributed by atoms with Crippen molar-refractivity contribution in [1.29, 1.82) is 0 Å². The second-order valence-electron chi connectivity index (χ2n) is 6.81. The lowest BCUT2D eigenvalue weighted by molar-refractivity contribution is 0.679. The molecule has 1 heterocycles. The Hall–Kier alpha value is -2.54. The van der Waals surface area contributed by atoms with Gasteiger partial charge in [0.1, 0.15) is 0 Å². The van der Waals surface area contributed by atoms with Crippen LogP contribution in [0.4, 0.5) is 5.69 Å². The number of rotatable bonds is 3. The quantitative estimate of drug-likeness (QED) is 0.610. The molecule has 1 aliphatic rings. The molecule has 0 amide bonds. The molecule has 0 saturated heterocycles. The van der Waals surface area contributed by atoms with Gasteiger partial charge in [0.15, 0.2) is 0 Å². The predicted molar refractivity (Wildman–Crippen MR) is 109 cm³/mol. The Kier molecular flexibility index (Phi) is 4.43. The molecular formula is C24H27N. The Morgan fingerprint density at radius 2 is 1.76 bits per heavy atom. The Bertz CT molecular complexity index is 854. The fourth-order valence-corrected chi connectivity index (χ4v) is 4.21. The third-order valence-corrected chi connectivity index (χ3v) is 5.37. The molecule has 1 atom stereocenters. The minimum absolute atomic E-state index is 0.391. The third-order valence-electron chi connectivity index (χ3n) is 5.37. The average molecular weight is 329 g/mol. The van der Waals surface area contributed by atoms with Gasteiger partial charge in [-0.05, 0) is 50.5 Å². The van der Waals surface area contributed by atoms with Crippen molar-refractivity contribution in [2.75, 3.05) is 11.4 Å². The minimum atomic E-state index is -0.391. The summed E-state index contributed by atoms with van der Waals surface area (Å²) < 4.78 is 0. The Morgan fingerprint density at radius 1 is 1.12 bits per heavy atom. The van der Waals surface area contributed by atoms with Crippen molar-refractivity contribution in [2.45, 2.75) is 33.1 Å². The molecule has 1 heteroatoms. The first-order valence-corrected chi connectivity index (χ1v) is 8.94. The van der Waals surface area contributed by atoms with Crippen LogP contribution >= 0.6 is 0 Å². The Labute approximate surface area is 152 Å². The summed E-state index contributed by atoms with van der Waals surface area (Å²) in [7, 11) is 0.